The lowest BCUT2D eigenvalue weighted by molar-refractivity contribution is -0.167. The summed E-state index contributed by atoms with van der Waals surface area (Å²) in [6.07, 6.45) is 91.7. The molecule has 0 aromatic carbocycles. The van der Waals surface area contributed by atoms with Gasteiger partial charge in [-0.2, -0.15) is 0 Å². The first-order chi connectivity index (χ1) is 40.0. The maximum atomic E-state index is 13.0. The van der Waals surface area contributed by atoms with Gasteiger partial charge in [0.15, 0.2) is 6.10 Å². The molecular formula is C75H132O6. The number of rotatable bonds is 64. The molecule has 0 radical (unpaired) electrons. The Balaban J connectivity index is 4.31. The van der Waals surface area contributed by atoms with Crippen LogP contribution in [-0.4, -0.2) is 37.2 Å². The zero-order valence-corrected chi connectivity index (χ0v) is 53.8. The number of carbonyl (C=O) groups is 3. The van der Waals surface area contributed by atoms with Gasteiger partial charge < -0.3 is 14.2 Å². The number of unbranched alkanes of at least 4 members (excludes halogenated alkanes) is 39. The van der Waals surface area contributed by atoms with Crippen molar-refractivity contribution in [1.29, 1.82) is 0 Å². The fourth-order valence-corrected chi connectivity index (χ4v) is 10.2. The van der Waals surface area contributed by atoms with E-state index in [0.717, 1.165) is 103 Å². The summed E-state index contributed by atoms with van der Waals surface area (Å²) >= 11 is 0. The molecule has 81 heavy (non-hydrogen) atoms. The lowest BCUT2D eigenvalue weighted by Crippen LogP contribution is -2.30. The molecule has 0 amide bonds. The van der Waals surface area contributed by atoms with E-state index in [1.807, 2.05) is 0 Å². The molecule has 0 heterocycles. The zero-order valence-electron chi connectivity index (χ0n) is 53.8. The molecular weight excluding hydrogens is 997 g/mol. The van der Waals surface area contributed by atoms with Crippen LogP contribution in [0.1, 0.15) is 355 Å². The van der Waals surface area contributed by atoms with Crippen LogP contribution in [0.25, 0.3) is 0 Å². The average molecular weight is 1130 g/mol. The van der Waals surface area contributed by atoms with E-state index < -0.39 is 6.10 Å². The van der Waals surface area contributed by atoms with Crippen molar-refractivity contribution in [3.8, 4) is 0 Å². The van der Waals surface area contributed by atoms with Crippen LogP contribution >= 0.6 is 0 Å². The summed E-state index contributed by atoms with van der Waals surface area (Å²) in [4.78, 5) is 38.4. The molecule has 0 aliphatic rings. The monoisotopic (exact) mass is 1130 g/mol. The SMILES string of the molecule is CC/C=C\C/C=C\C/C=C\C/C=C\C/C=C\C/C=C\CCCCCCCCC(=O)OCC(COC(=O)CCCCCCCCCCCCCCC)OC(=O)CCCCCCCCCCCCCCC/C=C\CCCCCCCCCC. The van der Waals surface area contributed by atoms with E-state index in [2.05, 4.69) is 106 Å². The van der Waals surface area contributed by atoms with Crippen LogP contribution in [0, 0.1) is 0 Å². The predicted octanol–water partition coefficient (Wildman–Crippen LogP) is 24.2. The minimum Gasteiger partial charge on any atom is -0.462 e. The molecule has 6 heteroatoms. The molecule has 0 saturated carbocycles. The lowest BCUT2D eigenvalue weighted by atomic mass is 10.0. The van der Waals surface area contributed by atoms with Gasteiger partial charge in [-0.1, -0.05) is 324 Å². The van der Waals surface area contributed by atoms with Gasteiger partial charge in [-0.25, -0.2) is 0 Å². The molecule has 1 unspecified atom stereocenters. The maximum Gasteiger partial charge on any atom is 0.306 e. The Morgan fingerprint density at radius 2 is 0.481 bits per heavy atom. The van der Waals surface area contributed by atoms with Gasteiger partial charge in [-0.05, 0) is 96.3 Å². The lowest BCUT2D eigenvalue weighted by Gasteiger charge is -2.18. The fourth-order valence-electron chi connectivity index (χ4n) is 10.2. The first-order valence-electron chi connectivity index (χ1n) is 35.1. The summed E-state index contributed by atoms with van der Waals surface area (Å²) in [6.45, 7) is 6.56. The van der Waals surface area contributed by atoms with Crippen LogP contribution in [0.15, 0.2) is 85.1 Å². The highest BCUT2D eigenvalue weighted by Crippen LogP contribution is 2.17. The number of allylic oxidation sites excluding steroid dienone is 14. The number of carbonyl (C=O) groups excluding carboxylic acids is 3. The van der Waals surface area contributed by atoms with Crippen LogP contribution in [0.5, 0.6) is 0 Å². The second-order valence-electron chi connectivity index (χ2n) is 23.4. The van der Waals surface area contributed by atoms with Gasteiger partial charge in [0.1, 0.15) is 13.2 Å². The van der Waals surface area contributed by atoms with Gasteiger partial charge in [0, 0.05) is 19.3 Å². The van der Waals surface area contributed by atoms with Crippen molar-refractivity contribution in [1.82, 2.24) is 0 Å². The van der Waals surface area contributed by atoms with Gasteiger partial charge >= 0.3 is 17.9 Å². The summed E-state index contributed by atoms with van der Waals surface area (Å²) in [5.74, 6) is -0.874. The zero-order chi connectivity index (χ0) is 58.5. The van der Waals surface area contributed by atoms with Gasteiger partial charge in [0.05, 0.1) is 0 Å². The molecule has 0 aromatic rings. The molecule has 0 bridgehead atoms. The van der Waals surface area contributed by atoms with Crippen molar-refractivity contribution < 1.29 is 28.6 Å². The van der Waals surface area contributed by atoms with E-state index in [1.54, 1.807) is 0 Å². The predicted molar refractivity (Wildman–Crippen MR) is 353 cm³/mol. The molecule has 1 atom stereocenters. The van der Waals surface area contributed by atoms with Crippen LogP contribution < -0.4 is 0 Å². The fraction of sp³-hybridized carbons (Fsp3) is 0.773. The highest BCUT2D eigenvalue weighted by molar-refractivity contribution is 5.71. The quantitative estimate of drug-likeness (QED) is 0.0261. The van der Waals surface area contributed by atoms with E-state index in [9.17, 15) is 14.4 Å². The minimum atomic E-state index is -0.783. The van der Waals surface area contributed by atoms with Gasteiger partial charge in [-0.15, -0.1) is 0 Å². The van der Waals surface area contributed by atoms with E-state index in [-0.39, 0.29) is 31.1 Å². The molecule has 0 N–H and O–H groups in total. The third-order valence-corrected chi connectivity index (χ3v) is 15.4. The summed E-state index contributed by atoms with van der Waals surface area (Å²) in [5.41, 5.74) is 0. The summed E-state index contributed by atoms with van der Waals surface area (Å²) in [6, 6.07) is 0. The van der Waals surface area contributed by atoms with E-state index >= 15 is 0 Å². The van der Waals surface area contributed by atoms with Gasteiger partial charge in [0.25, 0.3) is 0 Å². The van der Waals surface area contributed by atoms with Crippen LogP contribution in [0.4, 0.5) is 0 Å². The van der Waals surface area contributed by atoms with Crippen molar-refractivity contribution in [3.63, 3.8) is 0 Å². The number of hydrogen-bond acceptors (Lipinski definition) is 6. The summed E-state index contributed by atoms with van der Waals surface area (Å²) < 4.78 is 17.0. The average Bonchev–Trinajstić information content (AvgIpc) is 3.46. The number of ether oxygens (including phenoxy) is 3. The van der Waals surface area contributed by atoms with E-state index in [4.69, 9.17) is 14.2 Å². The Bertz CT molecular complexity index is 1530. The third kappa shape index (κ3) is 67.3. The number of hydrogen-bond donors (Lipinski definition) is 0. The Labute approximate surface area is 503 Å². The Morgan fingerprint density at radius 3 is 0.765 bits per heavy atom. The second kappa shape index (κ2) is 69.1. The standard InChI is InChI=1S/C75H132O6/c1-4-7-10-13-16-19-22-25-27-29-31-33-35-37-39-41-43-45-47-50-53-56-59-62-65-68-74(77)80-71-72(70-79-73(76)67-64-61-58-55-52-49-24-21-18-15-12-9-6-3)81-75(78)69-66-63-60-57-54-51-48-46-44-42-40-38-36-34-32-30-28-26-23-20-17-14-11-8-5-2/h7,10,16,19,25,27,30-33,37,39,43,45,72H,4-6,8-9,11-15,17-18,20-24,26,28-29,34-36,38,40-42,44,46-71H2,1-3H3/b10-7-,19-16-,27-25-,32-30-,33-31-,39-37-,45-43-. The van der Waals surface area contributed by atoms with Crippen molar-refractivity contribution in [2.75, 3.05) is 13.2 Å². The smallest absolute Gasteiger partial charge is 0.306 e. The topological polar surface area (TPSA) is 78.9 Å². The first kappa shape index (κ1) is 77.6. The Hall–Kier alpha value is -3.41. The van der Waals surface area contributed by atoms with Gasteiger partial charge in [0.2, 0.25) is 0 Å². The van der Waals surface area contributed by atoms with E-state index in [0.29, 0.717) is 19.3 Å². The van der Waals surface area contributed by atoms with Gasteiger partial charge in [-0.3, -0.25) is 14.4 Å². The molecule has 6 nitrogen and oxygen atoms in total. The molecule has 0 fully saturated rings. The third-order valence-electron chi connectivity index (χ3n) is 15.4. The van der Waals surface area contributed by atoms with Crippen LogP contribution in [-0.2, 0) is 28.6 Å². The summed E-state index contributed by atoms with van der Waals surface area (Å²) in [7, 11) is 0. The minimum absolute atomic E-state index is 0.0774. The molecule has 0 rings (SSSR count). The largest absolute Gasteiger partial charge is 0.462 e. The van der Waals surface area contributed by atoms with Crippen molar-refractivity contribution in [2.24, 2.45) is 0 Å². The highest BCUT2D eigenvalue weighted by Gasteiger charge is 2.19. The Kier molecular flexibility index (Phi) is 66.2. The van der Waals surface area contributed by atoms with Crippen LogP contribution in [0.3, 0.4) is 0 Å². The van der Waals surface area contributed by atoms with Crippen molar-refractivity contribution in [2.45, 2.75) is 361 Å². The molecule has 0 aliphatic carbocycles. The highest BCUT2D eigenvalue weighted by atomic mass is 16.6. The van der Waals surface area contributed by atoms with E-state index in [1.165, 1.54) is 212 Å². The van der Waals surface area contributed by atoms with Crippen molar-refractivity contribution >= 4 is 17.9 Å². The number of esters is 3. The van der Waals surface area contributed by atoms with Crippen molar-refractivity contribution in [3.05, 3.63) is 85.1 Å². The first-order valence-corrected chi connectivity index (χ1v) is 35.1. The normalized spacial score (nSPS) is 12.6. The molecule has 0 aliphatic heterocycles. The maximum absolute atomic E-state index is 13.0. The van der Waals surface area contributed by atoms with Crippen LogP contribution in [0.2, 0.25) is 0 Å². The second-order valence-corrected chi connectivity index (χ2v) is 23.4. The molecule has 0 aromatic heterocycles. The molecule has 468 valence electrons. The molecule has 0 spiro atoms. The summed E-state index contributed by atoms with van der Waals surface area (Å²) in [5, 5.41) is 0. The molecule has 0 saturated heterocycles. The Morgan fingerprint density at radius 1 is 0.259 bits per heavy atom.